The first kappa shape index (κ1) is 18.8. The largest absolute Gasteiger partial charge is 0.497 e. The minimum absolute atomic E-state index is 0.151. The number of methoxy groups -OCH3 is 2. The molecular weight excluding hydrogens is 268 g/mol. The number of rotatable bonds is 6. The number of hydrogen-bond donors (Lipinski definition) is 2. The van der Waals surface area contributed by atoms with Crippen molar-refractivity contribution in [2.75, 3.05) is 20.8 Å². The quantitative estimate of drug-likeness (QED) is 0.842. The van der Waals surface area contributed by atoms with Crippen LogP contribution in [0.25, 0.3) is 0 Å². The molecule has 3 N–H and O–H groups in total. The molecule has 0 radical (unpaired) electrons. The highest BCUT2D eigenvalue weighted by atomic mass is 19.1. The molecule has 6 heteroatoms. The Morgan fingerprint density at radius 1 is 1.20 bits per heavy atom. The molecule has 0 saturated carbocycles. The fourth-order valence-electron chi connectivity index (χ4n) is 1.48. The van der Waals surface area contributed by atoms with Gasteiger partial charge in [0.1, 0.15) is 17.4 Å². The lowest BCUT2D eigenvalue weighted by molar-refractivity contribution is 0.0462. The summed E-state index contributed by atoms with van der Waals surface area (Å²) in [4.78, 5) is 0. The number of ether oxygens (including phenoxy) is 2. The molecule has 0 aliphatic heterocycles. The van der Waals surface area contributed by atoms with Crippen LogP contribution >= 0.6 is 0 Å². The van der Waals surface area contributed by atoms with E-state index >= 15 is 0 Å². The van der Waals surface area contributed by atoms with E-state index in [1.54, 1.807) is 7.11 Å². The van der Waals surface area contributed by atoms with Gasteiger partial charge in [0.25, 0.3) is 0 Å². The summed E-state index contributed by atoms with van der Waals surface area (Å²) in [6.07, 6.45) is 1.31. The second-order valence-electron chi connectivity index (χ2n) is 4.20. The van der Waals surface area contributed by atoms with Gasteiger partial charge in [-0.25, -0.2) is 8.78 Å². The Balaban J connectivity index is 0.000000361. The Morgan fingerprint density at radius 3 is 2.10 bits per heavy atom. The zero-order chi connectivity index (χ0) is 15.5. The number of aliphatic hydroxyl groups is 1. The van der Waals surface area contributed by atoms with Gasteiger partial charge >= 0.3 is 0 Å². The number of hydrogen-bond acceptors (Lipinski definition) is 4. The molecular formula is C14H23F2NO3. The van der Waals surface area contributed by atoms with Crippen LogP contribution in [0, 0.1) is 11.6 Å². The standard InChI is InChI=1S/C7H6F2O.C7H17NO2/c1-10-7-3-5(8)2-6(9)4-7;1-3-7(10-2)4-6(9)5-8/h2-4H,1H3;6-7,9H,3-5,8H2,1-2H3. The summed E-state index contributed by atoms with van der Waals surface area (Å²) in [5.41, 5.74) is 5.22. The molecule has 2 atom stereocenters. The minimum Gasteiger partial charge on any atom is -0.497 e. The van der Waals surface area contributed by atoms with Crippen LogP contribution in [0.2, 0.25) is 0 Å². The van der Waals surface area contributed by atoms with Crippen molar-refractivity contribution in [1.29, 1.82) is 0 Å². The van der Waals surface area contributed by atoms with Gasteiger partial charge in [-0.3, -0.25) is 0 Å². The summed E-state index contributed by atoms with van der Waals surface area (Å²) in [6, 6.07) is 3.02. The third kappa shape index (κ3) is 8.04. The lowest BCUT2D eigenvalue weighted by atomic mass is 10.1. The Kier molecular flexibility index (Phi) is 9.88. The van der Waals surface area contributed by atoms with Crippen LogP contribution in [-0.2, 0) is 4.74 Å². The molecule has 0 aliphatic rings. The second-order valence-corrected chi connectivity index (χ2v) is 4.20. The van der Waals surface area contributed by atoms with E-state index in [0.29, 0.717) is 13.0 Å². The van der Waals surface area contributed by atoms with E-state index in [-0.39, 0.29) is 11.9 Å². The van der Waals surface area contributed by atoms with Crippen LogP contribution in [0.15, 0.2) is 18.2 Å². The molecule has 4 nitrogen and oxygen atoms in total. The van der Waals surface area contributed by atoms with Crippen molar-refractivity contribution in [2.45, 2.75) is 32.0 Å². The number of benzene rings is 1. The fraction of sp³-hybridized carbons (Fsp3) is 0.571. The number of halogens is 2. The van der Waals surface area contributed by atoms with Crippen molar-refractivity contribution in [3.63, 3.8) is 0 Å². The average molecular weight is 291 g/mol. The lowest BCUT2D eigenvalue weighted by Gasteiger charge is -2.15. The van der Waals surface area contributed by atoms with E-state index in [4.69, 9.17) is 15.6 Å². The summed E-state index contributed by atoms with van der Waals surface area (Å²) in [5.74, 6) is -1.06. The summed E-state index contributed by atoms with van der Waals surface area (Å²) >= 11 is 0. The maximum absolute atomic E-state index is 12.3. The van der Waals surface area contributed by atoms with E-state index in [1.165, 1.54) is 7.11 Å². The van der Waals surface area contributed by atoms with Crippen LogP contribution in [0.1, 0.15) is 19.8 Å². The fourth-order valence-corrected chi connectivity index (χ4v) is 1.48. The number of nitrogens with two attached hydrogens (primary N) is 1. The highest BCUT2D eigenvalue weighted by molar-refractivity contribution is 5.23. The Morgan fingerprint density at radius 2 is 1.75 bits per heavy atom. The Labute approximate surface area is 118 Å². The molecule has 116 valence electrons. The van der Waals surface area contributed by atoms with Gasteiger partial charge in [-0.05, 0) is 6.42 Å². The van der Waals surface area contributed by atoms with Crippen molar-refractivity contribution in [1.82, 2.24) is 0 Å². The molecule has 1 aromatic rings. The highest BCUT2D eigenvalue weighted by Crippen LogP contribution is 2.13. The summed E-state index contributed by atoms with van der Waals surface area (Å²) < 4.78 is 34.2. The van der Waals surface area contributed by atoms with Crippen LogP contribution in [0.3, 0.4) is 0 Å². The van der Waals surface area contributed by atoms with Crippen molar-refractivity contribution >= 4 is 0 Å². The second kappa shape index (κ2) is 10.5. The monoisotopic (exact) mass is 291 g/mol. The maximum Gasteiger partial charge on any atom is 0.129 e. The molecule has 0 fully saturated rings. The predicted octanol–water partition coefficient (Wildman–Crippen LogP) is 2.09. The molecule has 0 amide bonds. The predicted molar refractivity (Wildman–Crippen MR) is 73.7 cm³/mol. The normalized spacial score (nSPS) is 13.2. The van der Waals surface area contributed by atoms with Gasteiger partial charge in [0.15, 0.2) is 0 Å². The molecule has 0 saturated heterocycles. The van der Waals surface area contributed by atoms with Gasteiger partial charge < -0.3 is 20.3 Å². The van der Waals surface area contributed by atoms with E-state index in [0.717, 1.165) is 24.6 Å². The molecule has 1 rings (SSSR count). The Bertz CT molecular complexity index is 353. The Hall–Kier alpha value is -1.24. The summed E-state index contributed by atoms with van der Waals surface area (Å²) in [6.45, 7) is 2.34. The smallest absolute Gasteiger partial charge is 0.129 e. The van der Waals surface area contributed by atoms with Crippen LogP contribution in [-0.4, -0.2) is 38.1 Å². The molecule has 1 aromatic carbocycles. The molecule has 0 heterocycles. The van der Waals surface area contributed by atoms with Gasteiger partial charge in [-0.15, -0.1) is 0 Å². The lowest BCUT2D eigenvalue weighted by Crippen LogP contribution is -2.25. The molecule has 0 spiro atoms. The third-order valence-electron chi connectivity index (χ3n) is 2.67. The molecule has 0 bridgehead atoms. The van der Waals surface area contributed by atoms with Crippen LogP contribution < -0.4 is 10.5 Å². The van der Waals surface area contributed by atoms with E-state index in [1.807, 2.05) is 6.92 Å². The third-order valence-corrected chi connectivity index (χ3v) is 2.67. The first-order valence-corrected chi connectivity index (χ1v) is 6.37. The zero-order valence-corrected chi connectivity index (χ0v) is 12.1. The van der Waals surface area contributed by atoms with Crippen molar-refractivity contribution < 1.29 is 23.4 Å². The van der Waals surface area contributed by atoms with E-state index in [9.17, 15) is 8.78 Å². The van der Waals surface area contributed by atoms with Crippen molar-refractivity contribution in [3.8, 4) is 5.75 Å². The first-order valence-electron chi connectivity index (χ1n) is 6.37. The van der Waals surface area contributed by atoms with Crippen LogP contribution in [0.5, 0.6) is 5.75 Å². The van der Waals surface area contributed by atoms with Gasteiger partial charge in [-0.2, -0.15) is 0 Å². The topological polar surface area (TPSA) is 64.7 Å². The average Bonchev–Trinajstić information content (AvgIpc) is 2.44. The van der Waals surface area contributed by atoms with Gasteiger partial charge in [0.2, 0.25) is 0 Å². The first-order chi connectivity index (χ1) is 9.46. The molecule has 0 aromatic heterocycles. The summed E-state index contributed by atoms with van der Waals surface area (Å²) in [5, 5.41) is 9.09. The molecule has 2 unspecified atom stereocenters. The molecule has 0 aliphatic carbocycles. The van der Waals surface area contributed by atoms with E-state index < -0.39 is 17.7 Å². The summed E-state index contributed by atoms with van der Waals surface area (Å²) in [7, 11) is 3.01. The van der Waals surface area contributed by atoms with Crippen molar-refractivity contribution in [2.24, 2.45) is 5.73 Å². The zero-order valence-electron chi connectivity index (χ0n) is 12.1. The molecule has 20 heavy (non-hydrogen) atoms. The SMILES string of the molecule is CCC(CC(O)CN)OC.COc1cc(F)cc(F)c1. The maximum atomic E-state index is 12.3. The van der Waals surface area contributed by atoms with Gasteiger partial charge in [0.05, 0.1) is 19.3 Å². The van der Waals surface area contributed by atoms with Gasteiger partial charge in [-0.1, -0.05) is 6.92 Å². The van der Waals surface area contributed by atoms with Gasteiger partial charge in [0, 0.05) is 38.3 Å². The highest BCUT2D eigenvalue weighted by Gasteiger charge is 2.09. The van der Waals surface area contributed by atoms with Crippen molar-refractivity contribution in [3.05, 3.63) is 29.8 Å². The van der Waals surface area contributed by atoms with Crippen LogP contribution in [0.4, 0.5) is 8.78 Å². The number of aliphatic hydroxyl groups excluding tert-OH is 1. The minimum atomic E-state index is -0.628. The van der Waals surface area contributed by atoms with E-state index in [2.05, 4.69) is 4.74 Å².